The van der Waals surface area contributed by atoms with E-state index in [1.54, 1.807) is 6.92 Å². The van der Waals surface area contributed by atoms with Crippen LogP contribution in [-0.2, 0) is 0 Å². The van der Waals surface area contributed by atoms with Gasteiger partial charge in [-0.2, -0.15) is 0 Å². The molecule has 1 aromatic carbocycles. The van der Waals surface area contributed by atoms with Crippen molar-refractivity contribution in [3.8, 4) is 0 Å². The van der Waals surface area contributed by atoms with Gasteiger partial charge in [-0.05, 0) is 25.8 Å². The lowest BCUT2D eigenvalue weighted by Crippen LogP contribution is -2.44. The van der Waals surface area contributed by atoms with Crippen molar-refractivity contribution >= 4 is 35.3 Å². The van der Waals surface area contributed by atoms with Crippen molar-refractivity contribution < 1.29 is 13.6 Å². The fourth-order valence-electron chi connectivity index (χ4n) is 3.04. The molecule has 0 bridgehead atoms. The third kappa shape index (κ3) is 2.84. The minimum atomic E-state index is -0.661. The molecule has 0 aliphatic carbocycles. The number of H-pyrrole nitrogens is 1. The lowest BCUT2D eigenvalue weighted by molar-refractivity contribution is 0.0695. The molecule has 1 aromatic heterocycles. The predicted molar refractivity (Wildman–Crippen MR) is 93.0 cm³/mol. The second kappa shape index (κ2) is 6.40. The average molecular weight is 365 g/mol. The third-order valence-electron chi connectivity index (χ3n) is 4.28. The Morgan fingerprint density at radius 3 is 2.84 bits per heavy atom. The van der Waals surface area contributed by atoms with Crippen molar-refractivity contribution in [2.24, 2.45) is 4.99 Å². The summed E-state index contributed by atoms with van der Waals surface area (Å²) in [6.45, 7) is 8.71. The van der Waals surface area contributed by atoms with Crippen LogP contribution in [0.1, 0.15) is 24.0 Å². The summed E-state index contributed by atoms with van der Waals surface area (Å²) in [5.74, 6) is -1.79. The third-order valence-corrected chi connectivity index (χ3v) is 4.59. The van der Waals surface area contributed by atoms with Crippen LogP contribution in [0.5, 0.6) is 0 Å². The topological polar surface area (TPSA) is 61.4 Å². The van der Waals surface area contributed by atoms with E-state index in [0.29, 0.717) is 18.7 Å². The highest BCUT2D eigenvalue weighted by Gasteiger charge is 2.33. The van der Waals surface area contributed by atoms with Crippen LogP contribution in [0.3, 0.4) is 0 Å². The van der Waals surface area contributed by atoms with Gasteiger partial charge in [-0.1, -0.05) is 18.2 Å². The van der Waals surface area contributed by atoms with Gasteiger partial charge in [0.2, 0.25) is 0 Å². The van der Waals surface area contributed by atoms with Gasteiger partial charge >= 0.3 is 0 Å². The average Bonchev–Trinajstić information content (AvgIpc) is 3.03. The molecule has 0 spiro atoms. The summed E-state index contributed by atoms with van der Waals surface area (Å²) < 4.78 is 27.7. The molecule has 0 radical (unpaired) electrons. The van der Waals surface area contributed by atoms with E-state index in [2.05, 4.69) is 28.3 Å². The molecular formula is C17H15ClF2N4O. The molecule has 2 aromatic rings. The smallest absolute Gasteiger partial charge is 0.290 e. The first-order chi connectivity index (χ1) is 11.8. The Balaban J connectivity index is 2.01. The van der Waals surface area contributed by atoms with Crippen molar-refractivity contribution in [1.29, 1.82) is 0 Å². The van der Waals surface area contributed by atoms with Crippen LogP contribution in [0, 0.1) is 5.82 Å². The fraction of sp³-hybridized carbons (Fsp3) is 0.235. The molecule has 0 saturated carbocycles. The first-order valence-electron chi connectivity index (χ1n) is 7.54. The van der Waals surface area contributed by atoms with Crippen molar-refractivity contribution in [3.63, 3.8) is 0 Å². The summed E-state index contributed by atoms with van der Waals surface area (Å²) >= 11 is 6.01. The van der Waals surface area contributed by atoms with Gasteiger partial charge in [-0.25, -0.2) is 13.8 Å². The summed E-state index contributed by atoms with van der Waals surface area (Å²) in [5, 5.41) is 0.255. The predicted octanol–water partition coefficient (Wildman–Crippen LogP) is 4.03. The fourth-order valence-corrected chi connectivity index (χ4v) is 3.24. The molecule has 1 amide bonds. The molecule has 3 rings (SSSR count). The number of carbonyl (C=O) groups excluding carboxylic acids is 1. The van der Waals surface area contributed by atoms with Crippen molar-refractivity contribution in [3.05, 3.63) is 52.5 Å². The summed E-state index contributed by atoms with van der Waals surface area (Å²) in [5.41, 5.74) is 0.936. The summed E-state index contributed by atoms with van der Waals surface area (Å²) in [4.78, 5) is 24.8. The van der Waals surface area contributed by atoms with Crippen molar-refractivity contribution in [2.45, 2.75) is 19.4 Å². The highest BCUT2D eigenvalue weighted by Crippen LogP contribution is 2.31. The number of halogens is 3. The Kier molecular flexibility index (Phi) is 4.43. The van der Waals surface area contributed by atoms with E-state index >= 15 is 0 Å². The van der Waals surface area contributed by atoms with Gasteiger partial charge in [0, 0.05) is 24.2 Å². The molecule has 1 aliphatic rings. The van der Waals surface area contributed by atoms with Crippen molar-refractivity contribution in [2.75, 3.05) is 6.54 Å². The van der Waals surface area contributed by atoms with E-state index in [-0.39, 0.29) is 27.5 Å². The molecule has 5 nitrogen and oxygen atoms in total. The Hall–Kier alpha value is -2.54. The molecule has 1 aliphatic heterocycles. The van der Waals surface area contributed by atoms with Gasteiger partial charge in [0.05, 0.1) is 16.6 Å². The SMILES string of the molecule is C=NC1=C(C(=C)F)C(C)N(C(=O)c2nc3c(F)ccc(Cl)c3[nH]2)CC1. The van der Waals surface area contributed by atoms with Crippen LogP contribution in [0.2, 0.25) is 5.02 Å². The number of nitrogens with zero attached hydrogens (tertiary/aromatic N) is 3. The number of imidazole rings is 1. The van der Waals surface area contributed by atoms with Crippen LogP contribution < -0.4 is 0 Å². The Labute approximate surface area is 147 Å². The molecule has 0 saturated heterocycles. The molecule has 0 fully saturated rings. The second-order valence-corrected chi connectivity index (χ2v) is 6.09. The van der Waals surface area contributed by atoms with E-state index in [1.807, 2.05) is 0 Å². The largest absolute Gasteiger partial charge is 0.333 e. The Morgan fingerprint density at radius 2 is 2.24 bits per heavy atom. The van der Waals surface area contributed by atoms with E-state index in [9.17, 15) is 13.6 Å². The minimum absolute atomic E-state index is 0.0142. The Bertz CT molecular complexity index is 895. The number of amides is 1. The molecule has 2 heterocycles. The number of hydrogen-bond donors (Lipinski definition) is 1. The van der Waals surface area contributed by atoms with Crippen LogP contribution in [-0.4, -0.2) is 40.1 Å². The number of nitrogens with one attached hydrogen (secondary N) is 1. The zero-order valence-corrected chi connectivity index (χ0v) is 14.2. The van der Waals surface area contributed by atoms with E-state index in [1.165, 1.54) is 17.0 Å². The number of aromatic nitrogens is 2. The lowest BCUT2D eigenvalue weighted by atomic mass is 9.97. The minimum Gasteiger partial charge on any atom is -0.333 e. The Morgan fingerprint density at radius 1 is 1.52 bits per heavy atom. The van der Waals surface area contributed by atoms with Crippen LogP contribution in [0.15, 0.2) is 40.8 Å². The van der Waals surface area contributed by atoms with E-state index in [0.717, 1.165) is 0 Å². The maximum atomic E-state index is 13.9. The molecule has 25 heavy (non-hydrogen) atoms. The van der Waals surface area contributed by atoms with Gasteiger partial charge in [-0.3, -0.25) is 9.79 Å². The zero-order valence-electron chi connectivity index (χ0n) is 13.4. The molecule has 1 unspecified atom stereocenters. The maximum Gasteiger partial charge on any atom is 0.290 e. The highest BCUT2D eigenvalue weighted by atomic mass is 35.5. The number of aromatic amines is 1. The molecule has 130 valence electrons. The number of benzene rings is 1. The molecule has 8 heteroatoms. The standard InChI is InChI=1S/C17H15ClF2N4O/c1-8(19)13-9(2)24(7-6-12(13)21-3)17(25)16-22-14-10(18)4-5-11(20)15(14)23-16/h4-5,9H,1,3,6-7H2,2H3,(H,22,23). The van der Waals surface area contributed by atoms with Gasteiger partial charge < -0.3 is 9.88 Å². The summed E-state index contributed by atoms with van der Waals surface area (Å²) in [6, 6.07) is 1.96. The van der Waals surface area contributed by atoms with E-state index in [4.69, 9.17) is 11.6 Å². The number of aliphatic imine (C=N–C) groups is 1. The van der Waals surface area contributed by atoms with Crippen molar-refractivity contribution in [1.82, 2.24) is 14.9 Å². The highest BCUT2D eigenvalue weighted by molar-refractivity contribution is 6.35. The first-order valence-corrected chi connectivity index (χ1v) is 7.92. The summed E-state index contributed by atoms with van der Waals surface area (Å²) in [7, 11) is 0. The monoisotopic (exact) mass is 364 g/mol. The van der Waals surface area contributed by atoms with Crippen LogP contribution >= 0.6 is 11.6 Å². The number of fused-ring (bicyclic) bond motifs is 1. The number of hydrogen-bond acceptors (Lipinski definition) is 3. The molecular weight excluding hydrogens is 350 g/mol. The van der Waals surface area contributed by atoms with Gasteiger partial charge in [0.25, 0.3) is 5.91 Å². The maximum absolute atomic E-state index is 13.9. The van der Waals surface area contributed by atoms with Crippen LogP contribution in [0.25, 0.3) is 11.0 Å². The number of carbonyl (C=O) groups is 1. The van der Waals surface area contributed by atoms with E-state index < -0.39 is 23.6 Å². The number of rotatable bonds is 3. The first kappa shape index (κ1) is 17.3. The second-order valence-electron chi connectivity index (χ2n) is 5.69. The van der Waals surface area contributed by atoms with Gasteiger partial charge in [-0.15, -0.1) is 0 Å². The quantitative estimate of drug-likeness (QED) is 0.836. The zero-order chi connectivity index (χ0) is 18.3. The molecule has 1 N–H and O–H groups in total. The van der Waals surface area contributed by atoms with Crippen LogP contribution in [0.4, 0.5) is 8.78 Å². The van der Waals surface area contributed by atoms with Gasteiger partial charge in [0.1, 0.15) is 11.3 Å². The lowest BCUT2D eigenvalue weighted by Gasteiger charge is -2.34. The normalized spacial score (nSPS) is 17.9. The van der Waals surface area contributed by atoms with Gasteiger partial charge in [0.15, 0.2) is 11.6 Å². The molecule has 1 atom stereocenters. The summed E-state index contributed by atoms with van der Waals surface area (Å²) in [6.07, 6.45) is 0.340.